The lowest BCUT2D eigenvalue weighted by Crippen LogP contribution is -2.30. The van der Waals surface area contributed by atoms with Crippen LogP contribution in [-0.2, 0) is 0 Å². The Morgan fingerprint density at radius 3 is 2.10 bits per heavy atom. The first-order valence-corrected chi connectivity index (χ1v) is 9.28. The summed E-state index contributed by atoms with van der Waals surface area (Å²) in [6.45, 7) is 0.191. The van der Waals surface area contributed by atoms with Crippen LogP contribution in [0.2, 0.25) is 0 Å². The Hall–Kier alpha value is -3.99. The number of ether oxygens (including phenoxy) is 2. The van der Waals surface area contributed by atoms with Gasteiger partial charge in [-0.2, -0.15) is 0 Å². The highest BCUT2D eigenvalue weighted by atomic mass is 16.7. The number of rotatable bonds is 3. The average Bonchev–Trinajstić information content (AvgIpc) is 3.24. The van der Waals surface area contributed by atoms with Crippen molar-refractivity contribution in [1.29, 1.82) is 0 Å². The quantitative estimate of drug-likeness (QED) is 0.537. The normalized spacial score (nSPS) is 12.1. The zero-order chi connectivity index (χ0) is 19.8. The Kier molecular flexibility index (Phi) is 4.06. The van der Waals surface area contributed by atoms with E-state index in [0.717, 1.165) is 22.3 Å². The number of hydrogen-bond donors (Lipinski definition) is 1. The van der Waals surface area contributed by atoms with Gasteiger partial charge in [-0.3, -0.25) is 4.79 Å². The number of hydrogen-bond acceptors (Lipinski definition) is 4. The first-order chi connectivity index (χ1) is 14.2. The number of aromatic nitrogens is 1. The summed E-state index contributed by atoms with van der Waals surface area (Å²) >= 11 is 0. The highest BCUT2D eigenvalue weighted by molar-refractivity contribution is 5.85. The molecule has 0 saturated heterocycles. The van der Waals surface area contributed by atoms with Crippen molar-refractivity contribution in [2.45, 2.75) is 0 Å². The molecular formula is C24H18N2O3. The van der Waals surface area contributed by atoms with Gasteiger partial charge in [0, 0.05) is 5.56 Å². The minimum absolute atomic E-state index is 0.191. The van der Waals surface area contributed by atoms with Gasteiger partial charge in [-0.1, -0.05) is 60.7 Å². The van der Waals surface area contributed by atoms with E-state index in [-0.39, 0.29) is 12.4 Å². The molecule has 1 aromatic heterocycles. The van der Waals surface area contributed by atoms with E-state index in [0.29, 0.717) is 22.8 Å². The van der Waals surface area contributed by atoms with E-state index in [1.807, 2.05) is 84.9 Å². The van der Waals surface area contributed by atoms with E-state index in [9.17, 15) is 4.79 Å². The standard InChI is InChI=1S/C24H18N2O3/c25-26-20(18-11-12-21-22(13-18)29-15-28-21)14-19(16-7-3-1-4-8-16)23(24(26)27)17-9-5-2-6-10-17/h1-14H,15,25H2. The Morgan fingerprint density at radius 2 is 1.38 bits per heavy atom. The molecule has 0 spiro atoms. The monoisotopic (exact) mass is 382 g/mol. The van der Waals surface area contributed by atoms with Gasteiger partial charge >= 0.3 is 0 Å². The van der Waals surface area contributed by atoms with Crippen LogP contribution in [0.3, 0.4) is 0 Å². The van der Waals surface area contributed by atoms with Gasteiger partial charge in [0.25, 0.3) is 5.56 Å². The fourth-order valence-electron chi connectivity index (χ4n) is 3.63. The summed E-state index contributed by atoms with van der Waals surface area (Å²) in [4.78, 5) is 13.4. The number of nitrogens with zero attached hydrogens (tertiary/aromatic N) is 1. The van der Waals surface area contributed by atoms with Crippen molar-refractivity contribution in [1.82, 2.24) is 4.68 Å². The number of benzene rings is 3. The molecule has 4 aromatic rings. The fraction of sp³-hybridized carbons (Fsp3) is 0.0417. The third-order valence-corrected chi connectivity index (χ3v) is 5.06. The van der Waals surface area contributed by atoms with Crippen molar-refractivity contribution in [3.8, 4) is 45.0 Å². The molecule has 5 rings (SSSR count). The predicted molar refractivity (Wildman–Crippen MR) is 113 cm³/mol. The Balaban J connectivity index is 1.79. The number of pyridine rings is 1. The molecule has 3 aromatic carbocycles. The molecule has 0 aliphatic carbocycles. The second-order valence-electron chi connectivity index (χ2n) is 6.79. The number of nitrogen functional groups attached to an aromatic ring is 1. The zero-order valence-electron chi connectivity index (χ0n) is 15.5. The van der Waals surface area contributed by atoms with Gasteiger partial charge in [0.15, 0.2) is 11.5 Å². The molecule has 0 saturated carbocycles. The minimum atomic E-state index is -0.259. The smallest absolute Gasteiger partial charge is 0.277 e. The largest absolute Gasteiger partial charge is 0.454 e. The molecule has 0 atom stereocenters. The third-order valence-electron chi connectivity index (χ3n) is 5.06. The summed E-state index contributed by atoms with van der Waals surface area (Å²) < 4.78 is 12.1. The van der Waals surface area contributed by atoms with Crippen molar-refractivity contribution >= 4 is 0 Å². The van der Waals surface area contributed by atoms with Crippen LogP contribution in [0, 0.1) is 0 Å². The Labute approximate surface area is 167 Å². The van der Waals surface area contributed by atoms with Gasteiger partial charge in [0.1, 0.15) is 0 Å². The van der Waals surface area contributed by atoms with E-state index in [4.69, 9.17) is 15.3 Å². The van der Waals surface area contributed by atoms with Gasteiger partial charge in [-0.15, -0.1) is 0 Å². The Bertz CT molecular complexity index is 1250. The lowest BCUT2D eigenvalue weighted by molar-refractivity contribution is 0.174. The average molecular weight is 382 g/mol. The minimum Gasteiger partial charge on any atom is -0.454 e. The molecule has 0 unspecified atom stereocenters. The molecular weight excluding hydrogens is 364 g/mol. The van der Waals surface area contributed by atoms with E-state index in [1.165, 1.54) is 4.68 Å². The SMILES string of the molecule is Nn1c(-c2ccc3c(c2)OCO3)cc(-c2ccccc2)c(-c2ccccc2)c1=O. The first kappa shape index (κ1) is 17.1. The maximum atomic E-state index is 13.4. The first-order valence-electron chi connectivity index (χ1n) is 9.28. The van der Waals surface area contributed by atoms with Crippen LogP contribution in [-0.4, -0.2) is 11.5 Å². The molecule has 0 bridgehead atoms. The molecule has 2 heterocycles. The molecule has 0 radical (unpaired) electrons. The molecule has 2 N–H and O–H groups in total. The van der Waals surface area contributed by atoms with Crippen molar-refractivity contribution < 1.29 is 9.47 Å². The lowest BCUT2D eigenvalue weighted by atomic mass is 9.94. The van der Waals surface area contributed by atoms with Crippen molar-refractivity contribution in [3.05, 3.63) is 95.3 Å². The van der Waals surface area contributed by atoms with Crippen LogP contribution in [0.25, 0.3) is 33.5 Å². The van der Waals surface area contributed by atoms with E-state index < -0.39 is 0 Å². The fourth-order valence-corrected chi connectivity index (χ4v) is 3.63. The summed E-state index contributed by atoms with van der Waals surface area (Å²) in [6.07, 6.45) is 0. The molecule has 5 nitrogen and oxygen atoms in total. The van der Waals surface area contributed by atoms with Crippen LogP contribution < -0.4 is 20.9 Å². The van der Waals surface area contributed by atoms with Crippen LogP contribution in [0.5, 0.6) is 11.5 Å². The van der Waals surface area contributed by atoms with E-state index in [2.05, 4.69) is 0 Å². The van der Waals surface area contributed by atoms with E-state index in [1.54, 1.807) is 0 Å². The van der Waals surface area contributed by atoms with Crippen molar-refractivity contribution in [2.24, 2.45) is 0 Å². The second-order valence-corrected chi connectivity index (χ2v) is 6.79. The molecule has 0 amide bonds. The highest BCUT2D eigenvalue weighted by Gasteiger charge is 2.20. The molecule has 0 fully saturated rings. The summed E-state index contributed by atoms with van der Waals surface area (Å²) in [5, 5.41) is 0. The van der Waals surface area contributed by atoms with Crippen LogP contribution >= 0.6 is 0 Å². The van der Waals surface area contributed by atoms with Gasteiger partial charge < -0.3 is 15.3 Å². The van der Waals surface area contributed by atoms with Crippen LogP contribution in [0.1, 0.15) is 0 Å². The molecule has 1 aliphatic rings. The van der Waals surface area contributed by atoms with Gasteiger partial charge in [-0.25, -0.2) is 4.68 Å². The maximum absolute atomic E-state index is 13.4. The molecule has 5 heteroatoms. The predicted octanol–water partition coefficient (Wildman–Crippen LogP) is 4.29. The van der Waals surface area contributed by atoms with Crippen molar-refractivity contribution in [2.75, 3.05) is 12.6 Å². The molecule has 142 valence electrons. The van der Waals surface area contributed by atoms with E-state index >= 15 is 0 Å². The van der Waals surface area contributed by atoms with Crippen molar-refractivity contribution in [3.63, 3.8) is 0 Å². The summed E-state index contributed by atoms with van der Waals surface area (Å²) in [5.41, 5.74) is 4.31. The third kappa shape index (κ3) is 2.93. The van der Waals surface area contributed by atoms with Crippen LogP contribution in [0.4, 0.5) is 0 Å². The molecule has 29 heavy (non-hydrogen) atoms. The highest BCUT2D eigenvalue weighted by Crippen LogP contribution is 2.37. The lowest BCUT2D eigenvalue weighted by Gasteiger charge is -2.16. The number of nitrogens with two attached hydrogens (primary N) is 1. The van der Waals surface area contributed by atoms with Crippen LogP contribution in [0.15, 0.2) is 89.7 Å². The summed E-state index contributed by atoms with van der Waals surface area (Å²) in [6, 6.07) is 26.9. The summed E-state index contributed by atoms with van der Waals surface area (Å²) in [7, 11) is 0. The summed E-state index contributed by atoms with van der Waals surface area (Å²) in [5.74, 6) is 7.60. The topological polar surface area (TPSA) is 66.5 Å². The number of fused-ring (bicyclic) bond motifs is 1. The van der Waals surface area contributed by atoms with Gasteiger partial charge in [0.2, 0.25) is 6.79 Å². The maximum Gasteiger partial charge on any atom is 0.277 e. The Morgan fingerprint density at radius 1 is 0.724 bits per heavy atom. The zero-order valence-corrected chi connectivity index (χ0v) is 15.5. The molecule has 1 aliphatic heterocycles. The second kappa shape index (κ2) is 6.87. The van der Waals surface area contributed by atoms with Gasteiger partial charge in [-0.05, 0) is 41.0 Å². The van der Waals surface area contributed by atoms with Gasteiger partial charge in [0.05, 0.1) is 11.3 Å².